The lowest BCUT2D eigenvalue weighted by molar-refractivity contribution is 0.639. The van der Waals surface area contributed by atoms with Crippen molar-refractivity contribution in [1.29, 1.82) is 0 Å². The van der Waals surface area contributed by atoms with Crippen molar-refractivity contribution in [3.05, 3.63) is 258 Å². The summed E-state index contributed by atoms with van der Waals surface area (Å²) < 4.78 is 0. The van der Waals surface area contributed by atoms with E-state index in [4.69, 9.17) is 0 Å². The van der Waals surface area contributed by atoms with E-state index in [9.17, 15) is 0 Å². The molecule has 0 amide bonds. The monoisotopic (exact) mass is 817 g/mol. The van der Waals surface area contributed by atoms with Crippen molar-refractivity contribution >= 4 is 51.2 Å². The topological polar surface area (TPSA) is 9.72 Å². The maximum Gasteiger partial charge on any atom is 0.0464 e. The van der Waals surface area contributed by atoms with E-state index >= 15 is 0 Å². The smallest absolute Gasteiger partial charge is 0.0464 e. The number of para-hydroxylation sites is 2. The van der Waals surface area contributed by atoms with Crippen LogP contribution in [0, 0.1) is 26.7 Å². The van der Waals surface area contributed by atoms with E-state index in [0.29, 0.717) is 5.92 Å². The molecule has 0 saturated carbocycles. The molecule has 9 rings (SSSR count). The SMILES string of the molecule is Cc1cccc(CC(C2=CC=CC(C)C2)c2ccc(N(c3ccc(N(c4ccccc4)c4cccc(C)c4)cc3)c3ccc(N(c4ccccc4)c4cccc(C)c4)cc3)cc2)c1. The molecule has 3 heteroatoms. The number of hydrogen-bond donors (Lipinski definition) is 0. The number of benzene rings is 8. The molecule has 1 aliphatic carbocycles. The molecule has 0 spiro atoms. The van der Waals surface area contributed by atoms with Gasteiger partial charge in [-0.1, -0.05) is 133 Å². The zero-order chi connectivity index (χ0) is 43.1. The predicted molar refractivity (Wildman–Crippen MR) is 269 cm³/mol. The largest absolute Gasteiger partial charge is 0.311 e. The van der Waals surface area contributed by atoms with Gasteiger partial charge in [0.1, 0.15) is 0 Å². The van der Waals surface area contributed by atoms with Crippen molar-refractivity contribution in [2.45, 2.75) is 46.5 Å². The fourth-order valence-electron chi connectivity index (χ4n) is 9.06. The highest BCUT2D eigenvalue weighted by atomic mass is 15.2. The highest BCUT2D eigenvalue weighted by molar-refractivity contribution is 5.83. The molecule has 2 unspecified atom stereocenters. The van der Waals surface area contributed by atoms with Gasteiger partial charge in [-0.05, 0) is 171 Å². The Balaban J connectivity index is 1.12. The molecule has 0 aliphatic heterocycles. The molecule has 63 heavy (non-hydrogen) atoms. The molecule has 0 N–H and O–H groups in total. The summed E-state index contributed by atoms with van der Waals surface area (Å²) in [7, 11) is 0. The summed E-state index contributed by atoms with van der Waals surface area (Å²) >= 11 is 0. The summed E-state index contributed by atoms with van der Waals surface area (Å²) in [4.78, 5) is 7.05. The van der Waals surface area contributed by atoms with E-state index < -0.39 is 0 Å². The average Bonchev–Trinajstić information content (AvgIpc) is 3.31. The first-order valence-electron chi connectivity index (χ1n) is 22.2. The lowest BCUT2D eigenvalue weighted by Gasteiger charge is -2.30. The van der Waals surface area contributed by atoms with Crippen molar-refractivity contribution in [1.82, 2.24) is 0 Å². The Hall–Kier alpha value is -7.36. The molecular weight excluding hydrogens is 763 g/mol. The normalized spacial score (nSPS) is 13.8. The third kappa shape index (κ3) is 9.44. The lowest BCUT2D eigenvalue weighted by Crippen LogP contribution is -2.14. The van der Waals surface area contributed by atoms with Gasteiger partial charge in [-0.2, -0.15) is 0 Å². The Morgan fingerprint density at radius 3 is 1.22 bits per heavy atom. The minimum absolute atomic E-state index is 0.288. The van der Waals surface area contributed by atoms with Crippen molar-refractivity contribution in [3.63, 3.8) is 0 Å². The van der Waals surface area contributed by atoms with Crippen LogP contribution in [0.3, 0.4) is 0 Å². The van der Waals surface area contributed by atoms with Crippen LogP contribution in [-0.4, -0.2) is 0 Å². The first-order chi connectivity index (χ1) is 30.9. The van der Waals surface area contributed by atoms with E-state index in [2.05, 4.69) is 267 Å². The van der Waals surface area contributed by atoms with Gasteiger partial charge in [0.25, 0.3) is 0 Å². The van der Waals surface area contributed by atoms with Gasteiger partial charge in [0.05, 0.1) is 0 Å². The Morgan fingerprint density at radius 2 is 0.794 bits per heavy atom. The minimum Gasteiger partial charge on any atom is -0.311 e. The van der Waals surface area contributed by atoms with Gasteiger partial charge >= 0.3 is 0 Å². The Bertz CT molecular complexity index is 2690. The van der Waals surface area contributed by atoms with Crippen molar-refractivity contribution in [2.75, 3.05) is 14.7 Å². The van der Waals surface area contributed by atoms with E-state index in [1.165, 1.54) is 33.4 Å². The van der Waals surface area contributed by atoms with Crippen LogP contribution in [0.25, 0.3) is 0 Å². The minimum atomic E-state index is 0.288. The fourth-order valence-corrected chi connectivity index (χ4v) is 9.06. The maximum atomic E-state index is 2.39. The molecule has 310 valence electrons. The third-order valence-electron chi connectivity index (χ3n) is 12.1. The highest BCUT2D eigenvalue weighted by Gasteiger charge is 2.23. The molecule has 2 atom stereocenters. The van der Waals surface area contributed by atoms with Crippen LogP contribution in [0.15, 0.2) is 230 Å². The Morgan fingerprint density at radius 1 is 0.413 bits per heavy atom. The van der Waals surface area contributed by atoms with Gasteiger partial charge in [0.15, 0.2) is 0 Å². The standard InChI is InChI=1S/C60H55N3/c1-44-15-11-19-48(39-44)43-60(50-20-12-16-45(2)40-50)49-27-29-53(30-28-49)61(54-31-35-56(36-32-54)62(51-21-7-5-8-22-51)58-25-13-17-46(3)41-58)55-33-37-57(38-34-55)63(52-23-9-6-10-24-52)59-26-14-18-47(4)42-59/h5-39,41-42,45,60H,40,43H2,1-4H3. The van der Waals surface area contributed by atoms with Gasteiger partial charge in [0, 0.05) is 57.1 Å². The molecular formula is C60H55N3. The second kappa shape index (κ2) is 18.7. The summed E-state index contributed by atoms with van der Waals surface area (Å²) in [6.45, 7) is 8.82. The van der Waals surface area contributed by atoms with Crippen LogP contribution in [0.4, 0.5) is 51.2 Å². The van der Waals surface area contributed by atoms with Crippen LogP contribution in [0.2, 0.25) is 0 Å². The third-order valence-corrected chi connectivity index (χ3v) is 12.1. The molecule has 0 aromatic heterocycles. The number of anilines is 9. The molecule has 0 heterocycles. The van der Waals surface area contributed by atoms with Gasteiger partial charge in [-0.3, -0.25) is 0 Å². The summed E-state index contributed by atoms with van der Waals surface area (Å²) in [5.41, 5.74) is 17.9. The first-order valence-corrected chi connectivity index (χ1v) is 22.2. The molecule has 0 fully saturated rings. The molecule has 1 aliphatic rings. The molecule has 0 saturated heterocycles. The van der Waals surface area contributed by atoms with Crippen molar-refractivity contribution in [3.8, 4) is 0 Å². The number of rotatable bonds is 13. The molecule has 0 radical (unpaired) electrons. The number of hydrogen-bond acceptors (Lipinski definition) is 3. The second-order valence-electron chi connectivity index (χ2n) is 17.0. The average molecular weight is 818 g/mol. The molecule has 3 nitrogen and oxygen atoms in total. The molecule has 8 aromatic carbocycles. The van der Waals surface area contributed by atoms with Gasteiger partial charge in [-0.15, -0.1) is 0 Å². The summed E-state index contributed by atoms with van der Waals surface area (Å²) in [5, 5.41) is 0. The van der Waals surface area contributed by atoms with Gasteiger partial charge < -0.3 is 14.7 Å². The van der Waals surface area contributed by atoms with Crippen LogP contribution >= 0.6 is 0 Å². The first kappa shape index (κ1) is 41.0. The Labute approximate surface area is 374 Å². The lowest BCUT2D eigenvalue weighted by atomic mass is 9.80. The van der Waals surface area contributed by atoms with E-state index in [1.807, 2.05) is 0 Å². The molecule has 8 aromatic rings. The quantitative estimate of drug-likeness (QED) is 0.115. The van der Waals surface area contributed by atoms with E-state index in [0.717, 1.165) is 64.0 Å². The number of nitrogens with zero attached hydrogens (tertiary/aromatic N) is 3. The number of allylic oxidation sites excluding steroid dienone is 4. The van der Waals surface area contributed by atoms with Crippen LogP contribution in [0.1, 0.15) is 47.1 Å². The summed E-state index contributed by atoms with van der Waals surface area (Å²) in [6.07, 6.45) is 8.98. The molecule has 0 bridgehead atoms. The second-order valence-corrected chi connectivity index (χ2v) is 17.0. The highest BCUT2D eigenvalue weighted by Crippen LogP contribution is 2.43. The van der Waals surface area contributed by atoms with Crippen LogP contribution in [-0.2, 0) is 6.42 Å². The summed E-state index contributed by atoms with van der Waals surface area (Å²) in [6, 6.07) is 75.1. The van der Waals surface area contributed by atoms with Crippen LogP contribution < -0.4 is 14.7 Å². The van der Waals surface area contributed by atoms with Gasteiger partial charge in [-0.25, -0.2) is 0 Å². The maximum absolute atomic E-state index is 2.39. The number of aryl methyl sites for hydroxylation is 3. The predicted octanol–water partition coefficient (Wildman–Crippen LogP) is 16.9. The van der Waals surface area contributed by atoms with Crippen molar-refractivity contribution < 1.29 is 0 Å². The van der Waals surface area contributed by atoms with Crippen LogP contribution in [0.5, 0.6) is 0 Å². The zero-order valence-electron chi connectivity index (χ0n) is 36.8. The van der Waals surface area contributed by atoms with E-state index in [1.54, 1.807) is 0 Å². The Kier molecular flexibility index (Phi) is 12.2. The summed E-state index contributed by atoms with van der Waals surface area (Å²) in [5.74, 6) is 0.814. The fraction of sp³-hybridized carbons (Fsp3) is 0.133. The van der Waals surface area contributed by atoms with Gasteiger partial charge in [0.2, 0.25) is 0 Å². The zero-order valence-corrected chi connectivity index (χ0v) is 36.8. The van der Waals surface area contributed by atoms with Crippen molar-refractivity contribution in [2.24, 2.45) is 5.92 Å². The van der Waals surface area contributed by atoms with E-state index in [-0.39, 0.29) is 5.92 Å².